The van der Waals surface area contributed by atoms with Crippen molar-refractivity contribution >= 4 is 10.9 Å². The highest BCUT2D eigenvalue weighted by atomic mass is 15.5. The van der Waals surface area contributed by atoms with Gasteiger partial charge < -0.3 is 9.88 Å². The maximum absolute atomic E-state index is 4.15. The van der Waals surface area contributed by atoms with E-state index in [4.69, 9.17) is 0 Å². The summed E-state index contributed by atoms with van der Waals surface area (Å²) in [5.41, 5.74) is 2.73. The number of nitrogens with zero attached hydrogens (tertiary/aromatic N) is 4. The van der Waals surface area contributed by atoms with Crippen molar-refractivity contribution in [2.24, 2.45) is 0 Å². The molecular weight excluding hydrogens is 274 g/mol. The number of H-pyrrole nitrogens is 1. The highest BCUT2D eigenvalue weighted by Gasteiger charge is 2.25. The molecule has 1 N–H and O–H groups in total. The normalized spacial score (nSPS) is 19.2. The minimum Gasteiger partial charge on any atom is -0.361 e. The molecule has 1 aromatic carbocycles. The zero-order chi connectivity index (χ0) is 14.8. The maximum Gasteiger partial charge on any atom is 0.0693 e. The van der Waals surface area contributed by atoms with Crippen LogP contribution >= 0.6 is 0 Å². The number of aromatic amines is 1. The second-order valence-corrected chi connectivity index (χ2v) is 6.05. The van der Waals surface area contributed by atoms with Gasteiger partial charge in [-0.15, -0.1) is 0 Å². The molecule has 0 amide bonds. The number of nitrogens with one attached hydrogen (secondary N) is 1. The molecule has 0 aliphatic carbocycles. The zero-order valence-electron chi connectivity index (χ0n) is 12.7. The van der Waals surface area contributed by atoms with Crippen LogP contribution in [0.2, 0.25) is 0 Å². The predicted molar refractivity (Wildman–Crippen MR) is 86.7 cm³/mol. The molecule has 1 atom stereocenters. The van der Waals surface area contributed by atoms with E-state index >= 15 is 0 Å². The third kappa shape index (κ3) is 2.64. The Hall–Kier alpha value is -2.14. The van der Waals surface area contributed by atoms with Crippen molar-refractivity contribution < 1.29 is 0 Å². The van der Waals surface area contributed by atoms with Gasteiger partial charge in [0.25, 0.3) is 0 Å². The number of fused-ring (bicyclic) bond motifs is 1. The van der Waals surface area contributed by atoms with Crippen molar-refractivity contribution in [2.45, 2.75) is 25.3 Å². The van der Waals surface area contributed by atoms with Crippen LogP contribution in [0.1, 0.15) is 24.3 Å². The second-order valence-electron chi connectivity index (χ2n) is 6.05. The van der Waals surface area contributed by atoms with Crippen molar-refractivity contribution in [1.29, 1.82) is 0 Å². The summed E-state index contributed by atoms with van der Waals surface area (Å²) < 4.78 is 0. The third-order valence-electron chi connectivity index (χ3n) is 4.63. The Balaban J connectivity index is 1.36. The Morgan fingerprint density at radius 2 is 2.00 bits per heavy atom. The fraction of sp³-hybridized carbons (Fsp3) is 0.412. The Morgan fingerprint density at radius 3 is 2.91 bits per heavy atom. The smallest absolute Gasteiger partial charge is 0.0693 e. The lowest BCUT2D eigenvalue weighted by Gasteiger charge is -2.15. The van der Waals surface area contributed by atoms with Crippen LogP contribution in [0.15, 0.2) is 42.9 Å². The first-order valence-corrected chi connectivity index (χ1v) is 8.02. The molecule has 22 heavy (non-hydrogen) atoms. The minimum absolute atomic E-state index is 0.652. The average Bonchev–Trinajstić information content (AvgIpc) is 3.27. The van der Waals surface area contributed by atoms with Gasteiger partial charge in [0, 0.05) is 23.6 Å². The van der Waals surface area contributed by atoms with Gasteiger partial charge in [0.15, 0.2) is 0 Å². The van der Waals surface area contributed by atoms with E-state index in [1.165, 1.54) is 29.4 Å². The van der Waals surface area contributed by atoms with E-state index in [2.05, 4.69) is 50.5 Å². The maximum atomic E-state index is 4.15. The molecule has 0 unspecified atom stereocenters. The highest BCUT2D eigenvalue weighted by molar-refractivity contribution is 5.83. The molecule has 5 nitrogen and oxygen atoms in total. The highest BCUT2D eigenvalue weighted by Crippen LogP contribution is 2.32. The van der Waals surface area contributed by atoms with Gasteiger partial charge in [-0.25, -0.2) is 0 Å². The van der Waals surface area contributed by atoms with Gasteiger partial charge in [-0.1, -0.05) is 18.2 Å². The summed E-state index contributed by atoms with van der Waals surface area (Å²) in [5, 5.41) is 9.69. The van der Waals surface area contributed by atoms with Crippen molar-refractivity contribution in [3.05, 3.63) is 48.4 Å². The third-order valence-corrected chi connectivity index (χ3v) is 4.63. The molecule has 3 heterocycles. The molecule has 1 saturated heterocycles. The van der Waals surface area contributed by atoms with Crippen LogP contribution < -0.4 is 0 Å². The van der Waals surface area contributed by atoms with E-state index in [0.717, 1.165) is 26.1 Å². The van der Waals surface area contributed by atoms with Crippen LogP contribution in [0.4, 0.5) is 0 Å². The Kier molecular flexibility index (Phi) is 3.64. The molecule has 1 aliphatic heterocycles. The first-order chi connectivity index (χ1) is 10.9. The van der Waals surface area contributed by atoms with Gasteiger partial charge >= 0.3 is 0 Å². The zero-order valence-corrected chi connectivity index (χ0v) is 12.7. The van der Waals surface area contributed by atoms with Gasteiger partial charge in [-0.2, -0.15) is 15.0 Å². The average molecular weight is 295 g/mol. The summed E-state index contributed by atoms with van der Waals surface area (Å²) in [6.45, 7) is 4.38. The van der Waals surface area contributed by atoms with E-state index < -0.39 is 0 Å². The monoisotopic (exact) mass is 295 g/mol. The molecule has 1 fully saturated rings. The van der Waals surface area contributed by atoms with Crippen molar-refractivity contribution in [1.82, 2.24) is 24.9 Å². The van der Waals surface area contributed by atoms with Gasteiger partial charge in [0.2, 0.25) is 0 Å². The van der Waals surface area contributed by atoms with Gasteiger partial charge in [-0.05, 0) is 43.5 Å². The lowest BCUT2D eigenvalue weighted by Crippen LogP contribution is -2.23. The molecule has 4 rings (SSSR count). The molecule has 5 heteroatoms. The lowest BCUT2D eigenvalue weighted by molar-refractivity contribution is 0.314. The van der Waals surface area contributed by atoms with Gasteiger partial charge in [0.05, 0.1) is 18.9 Å². The van der Waals surface area contributed by atoms with E-state index in [9.17, 15) is 0 Å². The van der Waals surface area contributed by atoms with E-state index in [0.29, 0.717) is 5.92 Å². The van der Waals surface area contributed by atoms with E-state index in [1.807, 2.05) is 0 Å². The summed E-state index contributed by atoms with van der Waals surface area (Å²) in [6.07, 6.45) is 8.04. The number of para-hydroxylation sites is 1. The van der Waals surface area contributed by atoms with Crippen LogP contribution in [0.25, 0.3) is 10.9 Å². The largest absolute Gasteiger partial charge is 0.361 e. The number of hydrogen-bond donors (Lipinski definition) is 1. The van der Waals surface area contributed by atoms with Crippen LogP contribution in [0.3, 0.4) is 0 Å². The topological polar surface area (TPSA) is 49.7 Å². The van der Waals surface area contributed by atoms with Crippen molar-refractivity contribution in [2.75, 3.05) is 19.6 Å². The lowest BCUT2D eigenvalue weighted by atomic mass is 9.98. The number of likely N-dealkylation sites (tertiary alicyclic amines) is 1. The number of aryl methyl sites for hydroxylation is 1. The first kappa shape index (κ1) is 13.5. The molecule has 0 radical (unpaired) electrons. The number of rotatable bonds is 5. The predicted octanol–water partition coefficient (Wildman–Crippen LogP) is 2.64. The fourth-order valence-corrected chi connectivity index (χ4v) is 3.52. The van der Waals surface area contributed by atoms with Crippen molar-refractivity contribution in [3.8, 4) is 0 Å². The van der Waals surface area contributed by atoms with Gasteiger partial charge in [-0.3, -0.25) is 0 Å². The Labute approximate surface area is 129 Å². The van der Waals surface area contributed by atoms with E-state index in [-0.39, 0.29) is 0 Å². The van der Waals surface area contributed by atoms with Crippen molar-refractivity contribution in [3.63, 3.8) is 0 Å². The molecule has 3 aromatic rings. The second kappa shape index (κ2) is 5.93. The first-order valence-electron chi connectivity index (χ1n) is 8.02. The molecule has 0 bridgehead atoms. The van der Waals surface area contributed by atoms with Crippen LogP contribution in [-0.4, -0.2) is 44.5 Å². The number of aromatic nitrogens is 4. The number of hydrogen-bond acceptors (Lipinski definition) is 3. The van der Waals surface area contributed by atoms with E-state index in [1.54, 1.807) is 17.2 Å². The molecule has 1 aliphatic rings. The molecule has 2 aromatic heterocycles. The standard InChI is InChI=1S/C17H21N5/c1-2-5-17-15(4-1)16(12-18-17)14-6-11-21(13-14)9-3-10-22-19-7-8-20-22/h1-2,4-5,7-8,12,14,18H,3,6,9-11,13H2/t14-/m1/s1. The molecular formula is C17H21N5. The summed E-state index contributed by atoms with van der Waals surface area (Å²) in [7, 11) is 0. The SMILES string of the molecule is c1ccc2c([C@@H]3CCN(CCCn4nccn4)C3)c[nH]c2c1. The molecule has 114 valence electrons. The number of benzene rings is 1. The minimum atomic E-state index is 0.652. The van der Waals surface area contributed by atoms with Crippen LogP contribution in [-0.2, 0) is 6.54 Å². The molecule has 0 saturated carbocycles. The summed E-state index contributed by atoms with van der Waals surface area (Å²) >= 11 is 0. The summed E-state index contributed by atoms with van der Waals surface area (Å²) in [6, 6.07) is 8.60. The molecule has 0 spiro atoms. The van der Waals surface area contributed by atoms with Gasteiger partial charge in [0.1, 0.15) is 0 Å². The Bertz CT molecular complexity index is 730. The summed E-state index contributed by atoms with van der Waals surface area (Å²) in [4.78, 5) is 7.74. The van der Waals surface area contributed by atoms with Crippen LogP contribution in [0.5, 0.6) is 0 Å². The summed E-state index contributed by atoms with van der Waals surface area (Å²) in [5.74, 6) is 0.652. The fourth-order valence-electron chi connectivity index (χ4n) is 3.52. The van der Waals surface area contributed by atoms with Crippen LogP contribution in [0, 0.1) is 0 Å². The Morgan fingerprint density at radius 1 is 1.14 bits per heavy atom. The quantitative estimate of drug-likeness (QED) is 0.787.